The molecule has 4 heteroatoms. The number of nitrogens with zero attached hydrogens (tertiary/aromatic N) is 3. The molecule has 0 saturated heterocycles. The lowest BCUT2D eigenvalue weighted by atomic mass is 10.1. The highest BCUT2D eigenvalue weighted by Crippen LogP contribution is 2.19. The minimum Gasteiger partial charge on any atom is -0.324 e. The van der Waals surface area contributed by atoms with E-state index in [2.05, 4.69) is 42.5 Å². The summed E-state index contributed by atoms with van der Waals surface area (Å²) >= 11 is 0. The Hall–Kier alpha value is -0.900. The average Bonchev–Trinajstić information content (AvgIpc) is 2.47. The Morgan fingerprint density at radius 3 is 2.21 bits per heavy atom. The fourth-order valence-corrected chi connectivity index (χ4v) is 1.65. The summed E-state index contributed by atoms with van der Waals surface area (Å²) in [5.74, 6) is 1.92. The smallest absolute Gasteiger partial charge is 0.147 e. The molecule has 0 radical (unpaired) electrons. The van der Waals surface area contributed by atoms with Crippen molar-refractivity contribution in [1.82, 2.24) is 14.8 Å². The van der Waals surface area contributed by atoms with E-state index < -0.39 is 0 Å². The Labute approximate surface area is 85.5 Å². The lowest BCUT2D eigenvalue weighted by Gasteiger charge is -2.24. The summed E-state index contributed by atoms with van der Waals surface area (Å²) in [5.41, 5.74) is 5.65. The van der Waals surface area contributed by atoms with E-state index in [0.717, 1.165) is 24.5 Å². The third kappa shape index (κ3) is 2.12. The molecular weight excluding hydrogens is 176 g/mol. The van der Waals surface area contributed by atoms with E-state index in [1.54, 1.807) is 0 Å². The van der Waals surface area contributed by atoms with Crippen LogP contribution in [0.25, 0.3) is 0 Å². The fraction of sp³-hybridized carbons (Fsp3) is 0.800. The van der Waals surface area contributed by atoms with Crippen LogP contribution in [-0.4, -0.2) is 14.8 Å². The molecular formula is C10H20N4. The molecule has 1 aromatic heterocycles. The molecule has 2 N–H and O–H groups in total. The molecule has 0 amide bonds. The van der Waals surface area contributed by atoms with Gasteiger partial charge in [-0.25, -0.2) is 0 Å². The van der Waals surface area contributed by atoms with E-state index in [1.807, 2.05) is 0 Å². The molecule has 14 heavy (non-hydrogen) atoms. The van der Waals surface area contributed by atoms with Crippen molar-refractivity contribution in [2.45, 2.75) is 52.6 Å². The second-order valence-electron chi connectivity index (χ2n) is 4.49. The lowest BCUT2D eigenvalue weighted by molar-refractivity contribution is 0.368. The molecule has 1 rings (SSSR count). The Balaban J connectivity index is 3.13. The molecule has 0 atom stereocenters. The summed E-state index contributed by atoms with van der Waals surface area (Å²) in [7, 11) is 0. The van der Waals surface area contributed by atoms with Gasteiger partial charge in [0.15, 0.2) is 0 Å². The van der Waals surface area contributed by atoms with E-state index >= 15 is 0 Å². The molecule has 4 nitrogen and oxygen atoms in total. The van der Waals surface area contributed by atoms with Crippen LogP contribution >= 0.6 is 0 Å². The normalized spacial score (nSPS) is 12.1. The van der Waals surface area contributed by atoms with Gasteiger partial charge < -0.3 is 10.3 Å². The highest BCUT2D eigenvalue weighted by molar-refractivity contribution is 5.01. The minimum atomic E-state index is 0.0166. The number of hydrogen-bond donors (Lipinski definition) is 1. The summed E-state index contributed by atoms with van der Waals surface area (Å²) in [6, 6.07) is 0. The van der Waals surface area contributed by atoms with Crippen LogP contribution in [0.5, 0.6) is 0 Å². The van der Waals surface area contributed by atoms with Crippen molar-refractivity contribution in [2.24, 2.45) is 5.73 Å². The van der Waals surface area contributed by atoms with Gasteiger partial charge in [0.1, 0.15) is 11.6 Å². The predicted molar refractivity (Wildman–Crippen MR) is 56.9 cm³/mol. The predicted octanol–water partition coefficient (Wildman–Crippen LogP) is 1.44. The van der Waals surface area contributed by atoms with Gasteiger partial charge in [-0.05, 0) is 27.2 Å². The topological polar surface area (TPSA) is 56.7 Å². The number of rotatable bonds is 3. The number of aromatic nitrogens is 3. The van der Waals surface area contributed by atoms with Gasteiger partial charge in [0.2, 0.25) is 0 Å². The van der Waals surface area contributed by atoms with Crippen LogP contribution in [0.3, 0.4) is 0 Å². The molecule has 0 spiro atoms. The molecule has 0 aliphatic heterocycles. The third-order valence-corrected chi connectivity index (χ3v) is 2.12. The molecule has 80 valence electrons. The molecule has 0 unspecified atom stereocenters. The first-order valence-corrected chi connectivity index (χ1v) is 5.14. The second-order valence-corrected chi connectivity index (χ2v) is 4.49. The molecule has 0 aromatic carbocycles. The van der Waals surface area contributed by atoms with Crippen molar-refractivity contribution in [3.8, 4) is 0 Å². The monoisotopic (exact) mass is 196 g/mol. The van der Waals surface area contributed by atoms with Gasteiger partial charge in [0.05, 0.1) is 6.54 Å². The zero-order chi connectivity index (χ0) is 10.8. The summed E-state index contributed by atoms with van der Waals surface area (Å²) in [6.07, 6.45) is 2.04. The standard InChI is InChI=1S/C10H20N4/c1-5-6-8-12-13-9(7-11)14(8)10(2,3)4/h5-7,11H2,1-4H3. The molecule has 0 aliphatic rings. The second kappa shape index (κ2) is 4.09. The lowest BCUT2D eigenvalue weighted by Crippen LogP contribution is -2.27. The van der Waals surface area contributed by atoms with Gasteiger partial charge in [-0.15, -0.1) is 10.2 Å². The van der Waals surface area contributed by atoms with Crippen LogP contribution in [0.15, 0.2) is 0 Å². The van der Waals surface area contributed by atoms with E-state index in [-0.39, 0.29) is 5.54 Å². The quantitative estimate of drug-likeness (QED) is 0.796. The van der Waals surface area contributed by atoms with Crippen LogP contribution in [0.1, 0.15) is 45.8 Å². The van der Waals surface area contributed by atoms with E-state index in [1.165, 1.54) is 0 Å². The SMILES string of the molecule is CCCc1nnc(CN)n1C(C)(C)C. The maximum absolute atomic E-state index is 5.63. The van der Waals surface area contributed by atoms with Crippen LogP contribution in [0.4, 0.5) is 0 Å². The van der Waals surface area contributed by atoms with Crippen molar-refractivity contribution in [3.05, 3.63) is 11.6 Å². The Morgan fingerprint density at radius 2 is 1.79 bits per heavy atom. The number of nitrogens with two attached hydrogens (primary N) is 1. The first-order valence-electron chi connectivity index (χ1n) is 5.14. The van der Waals surface area contributed by atoms with Crippen LogP contribution in [0, 0.1) is 0 Å². The van der Waals surface area contributed by atoms with E-state index in [9.17, 15) is 0 Å². The Morgan fingerprint density at radius 1 is 1.21 bits per heavy atom. The molecule has 0 fully saturated rings. The van der Waals surface area contributed by atoms with Crippen LogP contribution in [-0.2, 0) is 18.5 Å². The van der Waals surface area contributed by atoms with E-state index in [4.69, 9.17) is 5.73 Å². The summed E-state index contributed by atoms with van der Waals surface area (Å²) in [6.45, 7) is 9.04. The van der Waals surface area contributed by atoms with Crippen LogP contribution in [0.2, 0.25) is 0 Å². The van der Waals surface area contributed by atoms with Gasteiger partial charge in [-0.1, -0.05) is 6.92 Å². The van der Waals surface area contributed by atoms with Gasteiger partial charge in [-0.2, -0.15) is 0 Å². The van der Waals surface area contributed by atoms with Gasteiger partial charge >= 0.3 is 0 Å². The zero-order valence-corrected chi connectivity index (χ0v) is 9.54. The average molecular weight is 196 g/mol. The Kier molecular flexibility index (Phi) is 3.26. The third-order valence-electron chi connectivity index (χ3n) is 2.12. The number of hydrogen-bond acceptors (Lipinski definition) is 3. The summed E-state index contributed by atoms with van der Waals surface area (Å²) in [4.78, 5) is 0. The highest BCUT2D eigenvalue weighted by atomic mass is 15.3. The highest BCUT2D eigenvalue weighted by Gasteiger charge is 2.21. The molecule has 1 heterocycles. The largest absolute Gasteiger partial charge is 0.324 e. The van der Waals surface area contributed by atoms with Crippen molar-refractivity contribution >= 4 is 0 Å². The van der Waals surface area contributed by atoms with Gasteiger partial charge in [-0.3, -0.25) is 0 Å². The molecule has 1 aromatic rings. The molecule has 0 bridgehead atoms. The fourth-order valence-electron chi connectivity index (χ4n) is 1.65. The number of aryl methyl sites for hydroxylation is 1. The van der Waals surface area contributed by atoms with Crippen molar-refractivity contribution in [3.63, 3.8) is 0 Å². The summed E-state index contributed by atoms with van der Waals surface area (Å²) in [5, 5.41) is 8.28. The van der Waals surface area contributed by atoms with Gasteiger partial charge in [0, 0.05) is 12.0 Å². The maximum Gasteiger partial charge on any atom is 0.147 e. The van der Waals surface area contributed by atoms with Crippen molar-refractivity contribution < 1.29 is 0 Å². The minimum absolute atomic E-state index is 0.0166. The Bertz CT molecular complexity index is 296. The van der Waals surface area contributed by atoms with Crippen molar-refractivity contribution in [1.29, 1.82) is 0 Å². The maximum atomic E-state index is 5.63. The zero-order valence-electron chi connectivity index (χ0n) is 9.54. The first kappa shape index (κ1) is 11.2. The van der Waals surface area contributed by atoms with Crippen LogP contribution < -0.4 is 5.73 Å². The van der Waals surface area contributed by atoms with E-state index in [0.29, 0.717) is 6.54 Å². The van der Waals surface area contributed by atoms with Gasteiger partial charge in [0.25, 0.3) is 0 Å². The first-order chi connectivity index (χ1) is 6.50. The summed E-state index contributed by atoms with van der Waals surface area (Å²) < 4.78 is 2.15. The molecule has 0 saturated carbocycles. The molecule has 0 aliphatic carbocycles. The van der Waals surface area contributed by atoms with Crippen molar-refractivity contribution in [2.75, 3.05) is 0 Å².